The molecule has 0 unspecified atom stereocenters. The molecule has 3 aliphatic rings. The zero-order valence-corrected chi connectivity index (χ0v) is 8.46. The lowest BCUT2D eigenvalue weighted by molar-refractivity contribution is -0.542. The standard InChI is InChI=1S/C10H13NO4/c1-15-10(12)8-6-2-4-7(5-3-6)9(8)11(13)14/h2,4,6-9H,3,5H2,1H3/t6-,7-,8-,9-/m0/s1. The van der Waals surface area contributed by atoms with Crippen molar-refractivity contribution < 1.29 is 14.5 Å². The Morgan fingerprint density at radius 2 is 2.00 bits per heavy atom. The second kappa shape index (κ2) is 3.64. The van der Waals surface area contributed by atoms with Gasteiger partial charge in [0.05, 0.1) is 7.11 Å². The molecule has 15 heavy (non-hydrogen) atoms. The fourth-order valence-electron chi connectivity index (χ4n) is 2.70. The molecular formula is C10H13NO4. The largest absolute Gasteiger partial charge is 0.469 e. The molecule has 1 fully saturated rings. The summed E-state index contributed by atoms with van der Waals surface area (Å²) in [4.78, 5) is 22.1. The Kier molecular flexibility index (Phi) is 2.46. The van der Waals surface area contributed by atoms with Crippen molar-refractivity contribution in [2.75, 3.05) is 7.11 Å². The van der Waals surface area contributed by atoms with Crippen LogP contribution in [0.2, 0.25) is 0 Å². The summed E-state index contributed by atoms with van der Waals surface area (Å²) in [6.07, 6.45) is 5.46. The maximum atomic E-state index is 11.5. The molecule has 82 valence electrons. The highest BCUT2D eigenvalue weighted by Gasteiger charge is 2.52. The fourth-order valence-corrected chi connectivity index (χ4v) is 2.70. The summed E-state index contributed by atoms with van der Waals surface area (Å²) in [5, 5.41) is 10.9. The number of methoxy groups -OCH3 is 1. The number of hydrogen-bond donors (Lipinski definition) is 0. The molecule has 3 aliphatic carbocycles. The van der Waals surface area contributed by atoms with Crippen molar-refractivity contribution in [2.24, 2.45) is 17.8 Å². The topological polar surface area (TPSA) is 69.4 Å². The number of allylic oxidation sites excluding steroid dienone is 1. The minimum Gasteiger partial charge on any atom is -0.469 e. The van der Waals surface area contributed by atoms with Crippen LogP contribution in [-0.4, -0.2) is 24.0 Å². The van der Waals surface area contributed by atoms with Gasteiger partial charge in [0.2, 0.25) is 6.04 Å². The van der Waals surface area contributed by atoms with Crippen LogP contribution in [0, 0.1) is 27.9 Å². The van der Waals surface area contributed by atoms with Crippen molar-refractivity contribution in [3.63, 3.8) is 0 Å². The lowest BCUT2D eigenvalue weighted by Crippen LogP contribution is -2.49. The first-order valence-electron chi connectivity index (χ1n) is 5.05. The van der Waals surface area contributed by atoms with Gasteiger partial charge in [-0.25, -0.2) is 0 Å². The highest BCUT2D eigenvalue weighted by Crippen LogP contribution is 2.42. The van der Waals surface area contributed by atoms with Gasteiger partial charge in [0.15, 0.2) is 0 Å². The first-order chi connectivity index (χ1) is 7.15. The highest BCUT2D eigenvalue weighted by molar-refractivity contribution is 5.74. The second-order valence-electron chi connectivity index (χ2n) is 4.11. The van der Waals surface area contributed by atoms with Gasteiger partial charge in [-0.05, 0) is 18.8 Å². The van der Waals surface area contributed by atoms with Gasteiger partial charge in [-0.3, -0.25) is 14.9 Å². The van der Waals surface area contributed by atoms with E-state index in [1.165, 1.54) is 7.11 Å². The number of nitrogens with zero attached hydrogens (tertiary/aromatic N) is 1. The Balaban J connectivity index is 2.30. The predicted molar refractivity (Wildman–Crippen MR) is 51.6 cm³/mol. The van der Waals surface area contributed by atoms with E-state index in [0.717, 1.165) is 12.8 Å². The lowest BCUT2D eigenvalue weighted by Gasteiger charge is -2.38. The Labute approximate surface area is 87.3 Å². The van der Waals surface area contributed by atoms with Crippen molar-refractivity contribution in [2.45, 2.75) is 18.9 Å². The Bertz CT molecular complexity index is 325. The van der Waals surface area contributed by atoms with E-state index < -0.39 is 17.9 Å². The van der Waals surface area contributed by atoms with E-state index in [4.69, 9.17) is 0 Å². The van der Waals surface area contributed by atoms with Crippen molar-refractivity contribution in [3.05, 3.63) is 22.3 Å². The molecule has 1 saturated carbocycles. The molecule has 5 heteroatoms. The zero-order chi connectivity index (χ0) is 11.0. The molecular weight excluding hydrogens is 198 g/mol. The van der Waals surface area contributed by atoms with E-state index in [1.807, 2.05) is 12.2 Å². The molecule has 0 radical (unpaired) electrons. The van der Waals surface area contributed by atoms with Crippen LogP contribution in [0.25, 0.3) is 0 Å². The molecule has 4 atom stereocenters. The second-order valence-corrected chi connectivity index (χ2v) is 4.11. The van der Waals surface area contributed by atoms with Crippen LogP contribution in [-0.2, 0) is 9.53 Å². The van der Waals surface area contributed by atoms with Crippen LogP contribution in [0.4, 0.5) is 0 Å². The monoisotopic (exact) mass is 211 g/mol. The van der Waals surface area contributed by atoms with Gasteiger partial charge in [0, 0.05) is 10.8 Å². The van der Waals surface area contributed by atoms with E-state index in [2.05, 4.69) is 4.74 Å². The molecule has 0 N–H and O–H groups in total. The lowest BCUT2D eigenvalue weighted by atomic mass is 9.66. The zero-order valence-electron chi connectivity index (χ0n) is 8.46. The first-order valence-corrected chi connectivity index (χ1v) is 5.05. The van der Waals surface area contributed by atoms with Gasteiger partial charge >= 0.3 is 5.97 Å². The van der Waals surface area contributed by atoms with Crippen molar-refractivity contribution >= 4 is 5.97 Å². The minimum atomic E-state index is -0.791. The van der Waals surface area contributed by atoms with Crippen molar-refractivity contribution in [1.82, 2.24) is 0 Å². The van der Waals surface area contributed by atoms with Crippen LogP contribution >= 0.6 is 0 Å². The number of fused-ring (bicyclic) bond motifs is 2. The average molecular weight is 211 g/mol. The van der Waals surface area contributed by atoms with Crippen molar-refractivity contribution in [3.8, 4) is 0 Å². The average Bonchev–Trinajstić information content (AvgIpc) is 2.28. The minimum absolute atomic E-state index is 0.0159. The van der Waals surface area contributed by atoms with E-state index >= 15 is 0 Å². The number of rotatable bonds is 2. The molecule has 0 aromatic carbocycles. The summed E-state index contributed by atoms with van der Waals surface area (Å²) in [7, 11) is 1.28. The summed E-state index contributed by atoms with van der Waals surface area (Å²) in [6.45, 7) is 0. The predicted octanol–water partition coefficient (Wildman–Crippen LogP) is 1.02. The molecule has 0 heterocycles. The summed E-state index contributed by atoms with van der Waals surface area (Å²) < 4.78 is 4.65. The summed E-state index contributed by atoms with van der Waals surface area (Å²) in [6, 6.07) is -0.791. The van der Waals surface area contributed by atoms with Crippen LogP contribution in [0.1, 0.15) is 12.8 Å². The molecule has 0 spiro atoms. The smallest absolute Gasteiger partial charge is 0.316 e. The first kappa shape index (κ1) is 10.1. The van der Waals surface area contributed by atoms with Crippen LogP contribution in [0.5, 0.6) is 0 Å². The van der Waals surface area contributed by atoms with Gasteiger partial charge in [0.1, 0.15) is 5.92 Å². The third-order valence-corrected chi connectivity index (χ3v) is 3.42. The Hall–Kier alpha value is -1.39. The van der Waals surface area contributed by atoms with Gasteiger partial charge in [-0.15, -0.1) is 0 Å². The van der Waals surface area contributed by atoms with Crippen LogP contribution < -0.4 is 0 Å². The molecule has 0 amide bonds. The molecule has 0 aromatic heterocycles. The summed E-state index contributed by atoms with van der Waals surface area (Å²) in [5.41, 5.74) is 0. The molecule has 5 nitrogen and oxygen atoms in total. The third-order valence-electron chi connectivity index (χ3n) is 3.42. The molecule has 3 rings (SSSR count). The van der Waals surface area contributed by atoms with E-state index in [-0.39, 0.29) is 16.8 Å². The van der Waals surface area contributed by atoms with Crippen LogP contribution in [0.15, 0.2) is 12.2 Å². The quantitative estimate of drug-likeness (QED) is 0.296. The van der Waals surface area contributed by atoms with E-state index in [1.54, 1.807) is 0 Å². The third kappa shape index (κ3) is 1.52. The molecule has 0 aliphatic heterocycles. The van der Waals surface area contributed by atoms with E-state index in [9.17, 15) is 14.9 Å². The molecule has 2 bridgehead atoms. The maximum Gasteiger partial charge on any atom is 0.316 e. The SMILES string of the molecule is COC(=O)[C@@H]1[C@@H]([N+](=O)[O-])[C@H]2C=C[C@H]1CC2. The highest BCUT2D eigenvalue weighted by atomic mass is 16.6. The summed E-state index contributed by atoms with van der Waals surface area (Å²) >= 11 is 0. The summed E-state index contributed by atoms with van der Waals surface area (Å²) in [5.74, 6) is -1.16. The van der Waals surface area contributed by atoms with Gasteiger partial charge < -0.3 is 4.74 Å². The Morgan fingerprint density at radius 3 is 2.47 bits per heavy atom. The molecule has 0 aromatic rings. The number of esters is 1. The van der Waals surface area contributed by atoms with Crippen molar-refractivity contribution in [1.29, 1.82) is 0 Å². The van der Waals surface area contributed by atoms with Gasteiger partial charge in [-0.1, -0.05) is 12.2 Å². The van der Waals surface area contributed by atoms with Gasteiger partial charge in [0.25, 0.3) is 0 Å². The number of hydrogen-bond acceptors (Lipinski definition) is 4. The normalized spacial score (nSPS) is 37.7. The number of ether oxygens (including phenoxy) is 1. The number of carbonyl (C=O) groups is 1. The van der Waals surface area contributed by atoms with Crippen LogP contribution in [0.3, 0.4) is 0 Å². The fraction of sp³-hybridized carbons (Fsp3) is 0.700. The maximum absolute atomic E-state index is 11.5. The number of nitro groups is 1. The molecule has 0 saturated heterocycles. The number of carbonyl (C=O) groups excluding carboxylic acids is 1. The van der Waals surface area contributed by atoms with Gasteiger partial charge in [-0.2, -0.15) is 0 Å². The Morgan fingerprint density at radius 1 is 1.40 bits per heavy atom. The van der Waals surface area contributed by atoms with E-state index in [0.29, 0.717) is 0 Å².